The molecule has 3 nitrogen and oxygen atoms in total. The number of hydrogen-bond donors (Lipinski definition) is 0. The predicted octanol–water partition coefficient (Wildman–Crippen LogP) is 3.50. The fourth-order valence-electron chi connectivity index (χ4n) is 1.80. The summed E-state index contributed by atoms with van der Waals surface area (Å²) in [6.07, 6.45) is 1.91. The van der Waals surface area contributed by atoms with Gasteiger partial charge in [-0.25, -0.2) is 4.39 Å². The highest BCUT2D eigenvalue weighted by atomic mass is 127. The molecular weight excluding hydrogens is 392 g/mol. The Morgan fingerprint density at radius 1 is 1.35 bits per heavy atom. The van der Waals surface area contributed by atoms with Gasteiger partial charge >= 0.3 is 0 Å². The van der Waals surface area contributed by atoms with Gasteiger partial charge in [0.25, 0.3) is 5.56 Å². The molecule has 1 aromatic carbocycles. The van der Waals surface area contributed by atoms with Crippen LogP contribution in [0.4, 0.5) is 4.39 Å². The molecule has 0 amide bonds. The third-order valence-corrected chi connectivity index (χ3v) is 3.99. The first-order valence-corrected chi connectivity index (χ1v) is 8.29. The van der Waals surface area contributed by atoms with Crippen LogP contribution in [0.15, 0.2) is 35.1 Å². The van der Waals surface area contributed by atoms with Crippen LogP contribution in [0.25, 0.3) is 11.3 Å². The van der Waals surface area contributed by atoms with Crippen molar-refractivity contribution in [3.63, 3.8) is 0 Å². The van der Waals surface area contributed by atoms with Crippen molar-refractivity contribution in [1.29, 1.82) is 0 Å². The molecule has 0 aliphatic rings. The van der Waals surface area contributed by atoms with Gasteiger partial charge in [0.1, 0.15) is 17.5 Å². The highest BCUT2D eigenvalue weighted by Gasteiger charge is 2.11. The number of halogens is 2. The van der Waals surface area contributed by atoms with Crippen LogP contribution in [0.1, 0.15) is 0 Å². The minimum atomic E-state index is -0.403. The van der Waals surface area contributed by atoms with Gasteiger partial charge in [0.2, 0.25) is 0 Å². The molecule has 0 saturated carbocycles. The van der Waals surface area contributed by atoms with Crippen LogP contribution in [-0.2, 0) is 7.05 Å². The first kappa shape index (κ1) is 15.4. The van der Waals surface area contributed by atoms with E-state index in [0.717, 1.165) is 0 Å². The highest BCUT2D eigenvalue weighted by Crippen LogP contribution is 2.25. The van der Waals surface area contributed by atoms with Crippen LogP contribution < -0.4 is 10.3 Å². The topological polar surface area (TPSA) is 31.2 Å². The van der Waals surface area contributed by atoms with Gasteiger partial charge in [-0.3, -0.25) is 4.79 Å². The molecule has 0 spiro atoms. The van der Waals surface area contributed by atoms with E-state index >= 15 is 0 Å². The molecule has 0 N–H and O–H groups in total. The Balaban J connectivity index is 2.44. The molecular formula is C14H13FINO2S. The van der Waals surface area contributed by atoms with Gasteiger partial charge in [-0.2, -0.15) is 0 Å². The molecule has 0 saturated heterocycles. The van der Waals surface area contributed by atoms with Crippen LogP contribution in [0, 0.1) is 9.39 Å². The molecule has 1 heterocycles. The molecule has 0 radical (unpaired) electrons. The summed E-state index contributed by atoms with van der Waals surface area (Å²) in [7, 11) is 1.64. The van der Waals surface area contributed by atoms with Crippen molar-refractivity contribution < 1.29 is 9.13 Å². The summed E-state index contributed by atoms with van der Waals surface area (Å²) in [6, 6.07) is 8.11. The lowest BCUT2D eigenvalue weighted by molar-refractivity contribution is 0.390. The lowest BCUT2D eigenvalue weighted by Gasteiger charge is -2.11. The zero-order chi connectivity index (χ0) is 14.7. The minimum Gasteiger partial charge on any atom is -0.483 e. The number of rotatable bonds is 4. The van der Waals surface area contributed by atoms with Gasteiger partial charge in [-0.15, -0.1) is 11.8 Å². The van der Waals surface area contributed by atoms with Crippen molar-refractivity contribution in [2.45, 2.75) is 0 Å². The first-order chi connectivity index (χ1) is 9.54. The number of thioether (sulfide) groups is 1. The van der Waals surface area contributed by atoms with Gasteiger partial charge in [-0.1, -0.05) is 0 Å². The molecule has 2 aromatic rings. The SMILES string of the molecule is CSCOc1ccc(-c2ccc(I)c(=O)n2C)c(F)c1. The zero-order valence-electron chi connectivity index (χ0n) is 11.0. The second-order valence-corrected chi connectivity index (χ2v) is 6.10. The van der Waals surface area contributed by atoms with Gasteiger partial charge in [0.15, 0.2) is 0 Å². The van der Waals surface area contributed by atoms with Crippen molar-refractivity contribution in [3.8, 4) is 17.0 Å². The van der Waals surface area contributed by atoms with E-state index in [2.05, 4.69) is 0 Å². The van der Waals surface area contributed by atoms with E-state index in [9.17, 15) is 9.18 Å². The van der Waals surface area contributed by atoms with Crippen molar-refractivity contribution in [3.05, 3.63) is 50.1 Å². The maximum absolute atomic E-state index is 14.2. The molecule has 0 aliphatic carbocycles. The average molecular weight is 405 g/mol. The number of nitrogens with zero attached hydrogens (tertiary/aromatic N) is 1. The highest BCUT2D eigenvalue weighted by molar-refractivity contribution is 14.1. The summed E-state index contributed by atoms with van der Waals surface area (Å²) in [5, 5.41) is 0. The van der Waals surface area contributed by atoms with E-state index in [1.165, 1.54) is 22.4 Å². The van der Waals surface area contributed by atoms with Gasteiger partial charge in [0, 0.05) is 18.7 Å². The largest absolute Gasteiger partial charge is 0.483 e. The van der Waals surface area contributed by atoms with Crippen LogP contribution >= 0.6 is 34.4 Å². The smallest absolute Gasteiger partial charge is 0.264 e. The van der Waals surface area contributed by atoms with Crippen LogP contribution in [0.3, 0.4) is 0 Å². The fraction of sp³-hybridized carbons (Fsp3) is 0.214. The summed E-state index contributed by atoms with van der Waals surface area (Å²) >= 11 is 3.48. The molecule has 2 rings (SSSR count). The van der Waals surface area contributed by atoms with Crippen LogP contribution in [0.5, 0.6) is 5.75 Å². The van der Waals surface area contributed by atoms with E-state index in [4.69, 9.17) is 4.74 Å². The molecule has 0 unspecified atom stereocenters. The summed E-state index contributed by atoms with van der Waals surface area (Å²) in [5.41, 5.74) is 0.798. The fourth-order valence-corrected chi connectivity index (χ4v) is 2.59. The second kappa shape index (κ2) is 6.62. The Morgan fingerprint density at radius 3 is 2.75 bits per heavy atom. The predicted molar refractivity (Wildman–Crippen MR) is 88.8 cm³/mol. The van der Waals surface area contributed by atoms with Gasteiger partial charge in [-0.05, 0) is 53.1 Å². The Bertz CT molecular complexity index is 687. The maximum Gasteiger partial charge on any atom is 0.264 e. The van der Waals surface area contributed by atoms with E-state index < -0.39 is 5.82 Å². The second-order valence-electron chi connectivity index (χ2n) is 4.12. The third-order valence-electron chi connectivity index (χ3n) is 2.82. The summed E-state index contributed by atoms with van der Waals surface area (Å²) < 4.78 is 21.6. The molecule has 0 bridgehead atoms. The Morgan fingerprint density at radius 2 is 2.10 bits per heavy atom. The number of pyridine rings is 1. The monoisotopic (exact) mass is 405 g/mol. The number of aromatic nitrogens is 1. The number of benzene rings is 1. The molecule has 0 fully saturated rings. The number of hydrogen-bond acceptors (Lipinski definition) is 3. The van der Waals surface area contributed by atoms with Crippen molar-refractivity contribution in [2.24, 2.45) is 7.05 Å². The number of ether oxygens (including phenoxy) is 1. The lowest BCUT2D eigenvalue weighted by atomic mass is 10.1. The quantitative estimate of drug-likeness (QED) is 0.577. The third kappa shape index (κ3) is 3.17. The Labute approximate surface area is 134 Å². The minimum absolute atomic E-state index is 0.134. The summed E-state index contributed by atoms with van der Waals surface area (Å²) in [5.74, 6) is 0.553. The maximum atomic E-state index is 14.2. The summed E-state index contributed by atoms with van der Waals surface area (Å²) in [4.78, 5) is 11.9. The van der Waals surface area contributed by atoms with E-state index in [1.807, 2.05) is 28.8 Å². The first-order valence-electron chi connectivity index (χ1n) is 5.81. The summed E-state index contributed by atoms with van der Waals surface area (Å²) in [6.45, 7) is 0. The molecule has 0 aliphatic heterocycles. The molecule has 106 valence electrons. The van der Waals surface area contributed by atoms with E-state index in [-0.39, 0.29) is 5.56 Å². The molecule has 6 heteroatoms. The van der Waals surface area contributed by atoms with Gasteiger partial charge in [0.05, 0.1) is 9.26 Å². The van der Waals surface area contributed by atoms with Crippen molar-refractivity contribution in [2.75, 3.05) is 12.2 Å². The standard InChI is InChI=1S/C14H13FINO2S/c1-17-13(6-5-12(16)14(17)18)10-4-3-9(7-11(10)15)19-8-20-2/h3-7H,8H2,1-2H3. The lowest BCUT2D eigenvalue weighted by Crippen LogP contribution is -2.20. The van der Waals surface area contributed by atoms with Crippen molar-refractivity contribution >= 4 is 34.4 Å². The van der Waals surface area contributed by atoms with Gasteiger partial charge < -0.3 is 9.30 Å². The van der Waals surface area contributed by atoms with Crippen molar-refractivity contribution in [1.82, 2.24) is 4.57 Å². The normalized spacial score (nSPS) is 10.6. The molecule has 20 heavy (non-hydrogen) atoms. The van der Waals surface area contributed by atoms with E-state index in [1.54, 1.807) is 31.3 Å². The van der Waals surface area contributed by atoms with E-state index in [0.29, 0.717) is 26.5 Å². The van der Waals surface area contributed by atoms with Crippen LogP contribution in [-0.4, -0.2) is 16.8 Å². The Kier molecular flexibility index (Phi) is 5.09. The molecule has 1 aromatic heterocycles. The zero-order valence-corrected chi connectivity index (χ0v) is 14.0. The molecule has 0 atom stereocenters. The van der Waals surface area contributed by atoms with Crippen LogP contribution in [0.2, 0.25) is 0 Å². The Hall–Kier alpha value is -1.02. The average Bonchev–Trinajstić information content (AvgIpc) is 2.44.